The number of amides is 1. The summed E-state index contributed by atoms with van der Waals surface area (Å²) in [5, 5.41) is 0.628. The van der Waals surface area contributed by atoms with Crippen LogP contribution in [0, 0.1) is 0 Å². The summed E-state index contributed by atoms with van der Waals surface area (Å²) in [6, 6.07) is 13.7. The van der Waals surface area contributed by atoms with Crippen LogP contribution >= 0.6 is 11.6 Å². The van der Waals surface area contributed by atoms with E-state index >= 15 is 0 Å². The Labute approximate surface area is 173 Å². The molecule has 0 aliphatic rings. The highest BCUT2D eigenvalue weighted by atomic mass is 35.5. The van der Waals surface area contributed by atoms with Gasteiger partial charge in [-0.1, -0.05) is 35.9 Å². The van der Waals surface area contributed by atoms with Crippen molar-refractivity contribution in [2.24, 2.45) is 0 Å². The highest BCUT2D eigenvalue weighted by Gasteiger charge is 2.27. The van der Waals surface area contributed by atoms with E-state index in [1.165, 1.54) is 0 Å². The van der Waals surface area contributed by atoms with Crippen molar-refractivity contribution in [2.45, 2.75) is 19.3 Å². The minimum atomic E-state index is -4.36. The van der Waals surface area contributed by atoms with Crippen molar-refractivity contribution in [3.8, 4) is 0 Å². The van der Waals surface area contributed by atoms with Gasteiger partial charge in [-0.25, -0.2) is 0 Å². The third kappa shape index (κ3) is 8.43. The second-order valence-corrected chi connectivity index (χ2v) is 7.40. The maximum Gasteiger partial charge on any atom is 0.411 e. The highest BCUT2D eigenvalue weighted by molar-refractivity contribution is 6.30. The summed E-state index contributed by atoms with van der Waals surface area (Å²) in [6.07, 6.45) is -4.36. The smallest absolute Gasteiger partial charge is 0.367 e. The van der Waals surface area contributed by atoms with Gasteiger partial charge in [0.1, 0.15) is 6.61 Å². The normalized spacial score (nSPS) is 11.7. The first-order chi connectivity index (χ1) is 13.6. The Morgan fingerprint density at radius 2 is 1.55 bits per heavy atom. The van der Waals surface area contributed by atoms with Gasteiger partial charge in [-0.05, 0) is 49.5 Å². The number of carbonyl (C=O) groups is 1. The number of halogens is 4. The molecule has 0 aromatic heterocycles. The molecule has 0 heterocycles. The predicted molar refractivity (Wildman–Crippen MR) is 107 cm³/mol. The minimum Gasteiger partial charge on any atom is -0.367 e. The molecule has 0 aliphatic heterocycles. The van der Waals surface area contributed by atoms with E-state index in [2.05, 4.69) is 4.74 Å². The first kappa shape index (κ1) is 23.2. The fourth-order valence-corrected chi connectivity index (χ4v) is 2.72. The van der Waals surface area contributed by atoms with Gasteiger partial charge in [-0.2, -0.15) is 13.2 Å². The van der Waals surface area contributed by atoms with Crippen LogP contribution in [0.3, 0.4) is 0 Å². The van der Waals surface area contributed by atoms with Crippen LogP contribution in [0.1, 0.15) is 21.5 Å². The molecule has 0 saturated heterocycles. The summed E-state index contributed by atoms with van der Waals surface area (Å²) in [5.41, 5.74) is 2.00. The lowest BCUT2D eigenvalue weighted by atomic mass is 10.1. The molecule has 0 saturated carbocycles. The third-order valence-corrected chi connectivity index (χ3v) is 4.38. The molecule has 158 valence electrons. The van der Waals surface area contributed by atoms with Gasteiger partial charge < -0.3 is 14.5 Å². The van der Waals surface area contributed by atoms with Crippen LogP contribution in [0.4, 0.5) is 13.2 Å². The minimum absolute atomic E-state index is 0.149. The van der Waals surface area contributed by atoms with E-state index in [0.29, 0.717) is 35.8 Å². The number of hydrogen-bond donors (Lipinski definition) is 0. The number of likely N-dealkylation sites (N-methyl/N-ethyl adjacent to an activating group) is 1. The zero-order chi connectivity index (χ0) is 21.4. The number of ether oxygens (including phenoxy) is 1. The summed E-state index contributed by atoms with van der Waals surface area (Å²) < 4.78 is 41.1. The van der Waals surface area contributed by atoms with Crippen molar-refractivity contribution in [2.75, 3.05) is 33.8 Å². The zero-order valence-corrected chi connectivity index (χ0v) is 17.1. The van der Waals surface area contributed by atoms with E-state index in [0.717, 1.165) is 5.56 Å². The zero-order valence-electron chi connectivity index (χ0n) is 16.4. The molecule has 0 aliphatic carbocycles. The Hall–Kier alpha value is -2.09. The third-order valence-electron chi connectivity index (χ3n) is 4.13. The number of nitrogens with zero attached hydrogens (tertiary/aromatic N) is 2. The van der Waals surface area contributed by atoms with Crippen LogP contribution in [0.15, 0.2) is 48.5 Å². The Morgan fingerprint density at radius 1 is 0.966 bits per heavy atom. The van der Waals surface area contributed by atoms with Crippen molar-refractivity contribution in [3.63, 3.8) is 0 Å². The molecule has 2 aromatic carbocycles. The topological polar surface area (TPSA) is 32.8 Å². The van der Waals surface area contributed by atoms with E-state index in [1.807, 2.05) is 31.1 Å². The molecule has 0 spiro atoms. The van der Waals surface area contributed by atoms with Crippen molar-refractivity contribution < 1.29 is 22.7 Å². The average Bonchev–Trinajstić information content (AvgIpc) is 2.65. The van der Waals surface area contributed by atoms with Crippen LogP contribution in [0.25, 0.3) is 0 Å². The summed E-state index contributed by atoms with van der Waals surface area (Å²) in [7, 11) is 3.86. The van der Waals surface area contributed by atoms with Crippen LogP contribution in [-0.4, -0.2) is 55.7 Å². The maximum absolute atomic E-state index is 13.0. The molecular formula is C21H24ClF3N2O2. The van der Waals surface area contributed by atoms with Gasteiger partial charge >= 0.3 is 6.18 Å². The highest BCUT2D eigenvalue weighted by Crippen LogP contribution is 2.17. The monoisotopic (exact) mass is 428 g/mol. The molecule has 0 radical (unpaired) electrons. The molecule has 0 atom stereocenters. The summed E-state index contributed by atoms with van der Waals surface area (Å²) >= 11 is 5.93. The molecule has 29 heavy (non-hydrogen) atoms. The molecule has 1 amide bonds. The van der Waals surface area contributed by atoms with E-state index in [9.17, 15) is 18.0 Å². The lowest BCUT2D eigenvalue weighted by molar-refractivity contribution is -0.176. The van der Waals surface area contributed by atoms with Gasteiger partial charge in [0.25, 0.3) is 5.91 Å². The lowest BCUT2D eigenvalue weighted by Gasteiger charge is -2.25. The molecule has 4 nitrogen and oxygen atoms in total. The number of alkyl halides is 3. The standard InChI is InChI=1S/C21H24ClF3N2O2/c1-26(2)11-12-27(13-16-5-9-19(22)10-6-16)20(28)18-7-3-17(4-8-18)14-29-15-21(23,24)25/h3-10H,11-15H2,1-2H3. The summed E-state index contributed by atoms with van der Waals surface area (Å²) in [5.74, 6) is -0.149. The summed E-state index contributed by atoms with van der Waals surface area (Å²) in [6.45, 7) is 0.198. The summed E-state index contributed by atoms with van der Waals surface area (Å²) in [4.78, 5) is 16.7. The average molecular weight is 429 g/mol. The first-order valence-electron chi connectivity index (χ1n) is 9.06. The van der Waals surface area contributed by atoms with Gasteiger partial charge in [0.2, 0.25) is 0 Å². The quantitative estimate of drug-likeness (QED) is 0.584. The number of benzene rings is 2. The SMILES string of the molecule is CN(C)CCN(Cc1ccc(Cl)cc1)C(=O)c1ccc(COCC(F)(F)F)cc1. The number of hydrogen-bond acceptors (Lipinski definition) is 3. The molecule has 0 fully saturated rings. The van der Waals surface area contributed by atoms with Crippen molar-refractivity contribution in [1.29, 1.82) is 0 Å². The van der Waals surface area contributed by atoms with Gasteiger partial charge in [-0.15, -0.1) is 0 Å². The van der Waals surface area contributed by atoms with Crippen LogP contribution in [0.2, 0.25) is 5.02 Å². The Bertz CT molecular complexity index is 778. The van der Waals surface area contributed by atoms with Crippen LogP contribution < -0.4 is 0 Å². The van der Waals surface area contributed by atoms with Crippen molar-refractivity contribution >= 4 is 17.5 Å². The van der Waals surface area contributed by atoms with Crippen LogP contribution in [-0.2, 0) is 17.9 Å². The molecule has 0 bridgehead atoms. The first-order valence-corrected chi connectivity index (χ1v) is 9.44. The van der Waals surface area contributed by atoms with E-state index in [4.69, 9.17) is 11.6 Å². The van der Waals surface area contributed by atoms with Gasteiger partial charge in [0, 0.05) is 30.2 Å². The second-order valence-electron chi connectivity index (χ2n) is 6.96. The Morgan fingerprint density at radius 3 is 2.10 bits per heavy atom. The molecule has 0 unspecified atom stereocenters. The molecule has 8 heteroatoms. The Balaban J connectivity index is 2.05. The largest absolute Gasteiger partial charge is 0.411 e. The van der Waals surface area contributed by atoms with Crippen molar-refractivity contribution in [3.05, 3.63) is 70.2 Å². The second kappa shape index (κ2) is 10.6. The lowest BCUT2D eigenvalue weighted by Crippen LogP contribution is -2.36. The van der Waals surface area contributed by atoms with Gasteiger partial charge in [0.05, 0.1) is 6.61 Å². The van der Waals surface area contributed by atoms with Gasteiger partial charge in [0.15, 0.2) is 0 Å². The van der Waals surface area contributed by atoms with E-state index < -0.39 is 12.8 Å². The molecule has 2 aromatic rings. The molecular weight excluding hydrogens is 405 g/mol. The maximum atomic E-state index is 13.0. The van der Waals surface area contributed by atoms with Crippen LogP contribution in [0.5, 0.6) is 0 Å². The Kier molecular flexibility index (Phi) is 8.49. The number of rotatable bonds is 9. The molecule has 0 N–H and O–H groups in total. The molecule has 2 rings (SSSR count). The fourth-order valence-electron chi connectivity index (χ4n) is 2.59. The van der Waals surface area contributed by atoms with Gasteiger partial charge in [-0.3, -0.25) is 4.79 Å². The number of carbonyl (C=O) groups excluding carboxylic acids is 1. The van der Waals surface area contributed by atoms with E-state index in [-0.39, 0.29) is 12.5 Å². The van der Waals surface area contributed by atoms with E-state index in [1.54, 1.807) is 41.3 Å². The predicted octanol–water partition coefficient (Wildman–Crippen LogP) is 4.62. The fraction of sp³-hybridized carbons (Fsp3) is 0.381. The van der Waals surface area contributed by atoms with Crippen molar-refractivity contribution in [1.82, 2.24) is 9.80 Å².